The van der Waals surface area contributed by atoms with Gasteiger partial charge in [0.25, 0.3) is 0 Å². The van der Waals surface area contributed by atoms with E-state index in [4.69, 9.17) is 9.73 Å². The van der Waals surface area contributed by atoms with Crippen LogP contribution in [0.15, 0.2) is 21.7 Å². The highest BCUT2D eigenvalue weighted by molar-refractivity contribution is 14.0. The molecule has 1 aliphatic rings. The van der Waals surface area contributed by atoms with Crippen molar-refractivity contribution in [2.75, 3.05) is 46.9 Å². The van der Waals surface area contributed by atoms with E-state index >= 15 is 0 Å². The predicted molar refractivity (Wildman–Crippen MR) is 122 cm³/mol. The number of methoxy groups -OCH3 is 1. The molecule has 2 rings (SSSR count). The van der Waals surface area contributed by atoms with E-state index in [-0.39, 0.29) is 24.0 Å². The third kappa shape index (κ3) is 7.01. The minimum absolute atomic E-state index is 0. The Hall–Kier alpha value is -0.320. The number of aliphatic imine (C=N–C) groups is 1. The van der Waals surface area contributed by atoms with E-state index in [9.17, 15) is 0 Å². The van der Waals surface area contributed by atoms with E-state index in [1.165, 1.54) is 18.5 Å². The van der Waals surface area contributed by atoms with Gasteiger partial charge in [0.1, 0.15) is 0 Å². The van der Waals surface area contributed by atoms with Crippen LogP contribution >= 0.6 is 39.9 Å². The van der Waals surface area contributed by atoms with Crippen molar-refractivity contribution in [2.24, 2.45) is 12.0 Å². The lowest BCUT2D eigenvalue weighted by Gasteiger charge is -2.25. The lowest BCUT2D eigenvalue weighted by atomic mass is 10.2. The van der Waals surface area contributed by atoms with Crippen LogP contribution in [-0.4, -0.2) is 73.3 Å². The van der Waals surface area contributed by atoms with Crippen LogP contribution in [0.4, 0.5) is 0 Å². The molecule has 1 saturated heterocycles. The average molecular weight is 542 g/mol. The van der Waals surface area contributed by atoms with Crippen molar-refractivity contribution in [3.05, 3.63) is 22.4 Å². The average Bonchev–Trinajstić information content (AvgIpc) is 3.15. The van der Waals surface area contributed by atoms with Gasteiger partial charge in [-0.1, -0.05) is 0 Å². The maximum Gasteiger partial charge on any atom is 0.194 e. The standard InChI is InChI=1S/C18H32BrN5O.HI/c1-5-20-18(23(3)14-17-11-15(19)13-22(17)2)21-12-16-7-6-8-24(16)9-10-25-4;/h11,13,16H,5-10,12,14H2,1-4H3,(H,20,21);1H. The quantitative estimate of drug-likeness (QED) is 0.312. The van der Waals surface area contributed by atoms with Gasteiger partial charge in [-0.25, -0.2) is 0 Å². The van der Waals surface area contributed by atoms with Crippen molar-refractivity contribution < 1.29 is 4.74 Å². The van der Waals surface area contributed by atoms with Crippen molar-refractivity contribution in [3.63, 3.8) is 0 Å². The number of nitrogens with one attached hydrogen (secondary N) is 1. The van der Waals surface area contributed by atoms with Gasteiger partial charge in [0.2, 0.25) is 0 Å². The van der Waals surface area contributed by atoms with E-state index < -0.39 is 0 Å². The molecule has 6 nitrogen and oxygen atoms in total. The molecule has 0 bridgehead atoms. The lowest BCUT2D eigenvalue weighted by molar-refractivity contribution is 0.142. The van der Waals surface area contributed by atoms with Gasteiger partial charge in [0.05, 0.1) is 19.7 Å². The second kappa shape index (κ2) is 12.2. The molecule has 1 N–H and O–H groups in total. The fourth-order valence-corrected chi connectivity index (χ4v) is 3.88. The van der Waals surface area contributed by atoms with Gasteiger partial charge in [-0.05, 0) is 48.3 Å². The summed E-state index contributed by atoms with van der Waals surface area (Å²) in [5.41, 5.74) is 1.25. The summed E-state index contributed by atoms with van der Waals surface area (Å²) in [6, 6.07) is 2.69. The summed E-state index contributed by atoms with van der Waals surface area (Å²) in [5.74, 6) is 0.971. The number of aromatic nitrogens is 1. The highest BCUT2D eigenvalue weighted by Crippen LogP contribution is 2.18. The number of nitrogens with zero attached hydrogens (tertiary/aromatic N) is 4. The van der Waals surface area contributed by atoms with Crippen molar-refractivity contribution >= 4 is 45.9 Å². The minimum atomic E-state index is 0. The Morgan fingerprint density at radius 1 is 1.50 bits per heavy atom. The maximum atomic E-state index is 5.23. The number of aryl methyl sites for hydroxylation is 1. The molecular formula is C18H33BrIN5O. The molecule has 26 heavy (non-hydrogen) atoms. The zero-order valence-electron chi connectivity index (χ0n) is 16.4. The fourth-order valence-electron chi connectivity index (χ4n) is 3.31. The predicted octanol–water partition coefficient (Wildman–Crippen LogP) is 2.91. The van der Waals surface area contributed by atoms with Crippen LogP contribution in [0.3, 0.4) is 0 Å². The third-order valence-electron chi connectivity index (χ3n) is 4.70. The fraction of sp³-hybridized carbons (Fsp3) is 0.722. The molecule has 1 aliphatic heterocycles. The van der Waals surface area contributed by atoms with Gasteiger partial charge >= 0.3 is 0 Å². The van der Waals surface area contributed by atoms with Crippen LogP contribution in [0.5, 0.6) is 0 Å². The highest BCUT2D eigenvalue weighted by Gasteiger charge is 2.24. The molecule has 150 valence electrons. The van der Waals surface area contributed by atoms with E-state index in [0.29, 0.717) is 6.04 Å². The first-order valence-electron chi connectivity index (χ1n) is 9.08. The van der Waals surface area contributed by atoms with Crippen molar-refractivity contribution in [1.82, 2.24) is 19.7 Å². The largest absolute Gasteiger partial charge is 0.383 e. The molecule has 0 amide bonds. The van der Waals surface area contributed by atoms with Gasteiger partial charge in [0, 0.05) is 56.7 Å². The Morgan fingerprint density at radius 2 is 2.27 bits per heavy atom. The van der Waals surface area contributed by atoms with E-state index in [1.807, 2.05) is 0 Å². The smallest absolute Gasteiger partial charge is 0.194 e. The molecule has 8 heteroatoms. The van der Waals surface area contributed by atoms with E-state index in [1.54, 1.807) is 7.11 Å². The molecule has 0 aromatic carbocycles. The van der Waals surface area contributed by atoms with Crippen LogP contribution in [0.1, 0.15) is 25.5 Å². The minimum Gasteiger partial charge on any atom is -0.383 e. The van der Waals surface area contributed by atoms with Crippen LogP contribution in [0.2, 0.25) is 0 Å². The maximum absolute atomic E-state index is 5.23. The molecule has 1 unspecified atom stereocenters. The van der Waals surface area contributed by atoms with Gasteiger partial charge in [-0.15, -0.1) is 24.0 Å². The molecule has 1 atom stereocenters. The number of rotatable bonds is 8. The summed E-state index contributed by atoms with van der Waals surface area (Å²) >= 11 is 3.54. The molecule has 1 aromatic heterocycles. The second-order valence-corrected chi connectivity index (χ2v) is 7.55. The summed E-state index contributed by atoms with van der Waals surface area (Å²) in [6.07, 6.45) is 4.56. The molecule has 2 heterocycles. The van der Waals surface area contributed by atoms with Crippen LogP contribution in [0.25, 0.3) is 0 Å². The number of halogens is 2. The summed E-state index contributed by atoms with van der Waals surface area (Å²) in [5, 5.41) is 3.42. The van der Waals surface area contributed by atoms with Gasteiger partial charge in [-0.2, -0.15) is 0 Å². The summed E-state index contributed by atoms with van der Waals surface area (Å²) < 4.78 is 8.49. The number of ether oxygens (including phenoxy) is 1. The Morgan fingerprint density at radius 3 is 2.88 bits per heavy atom. The first kappa shape index (κ1) is 23.7. The molecule has 1 fully saturated rings. The van der Waals surface area contributed by atoms with Crippen molar-refractivity contribution in [3.8, 4) is 0 Å². The lowest BCUT2D eigenvalue weighted by Crippen LogP contribution is -2.40. The third-order valence-corrected chi connectivity index (χ3v) is 5.14. The Labute approximate surface area is 183 Å². The molecule has 1 aromatic rings. The SMILES string of the molecule is CCNC(=NCC1CCCN1CCOC)N(C)Cc1cc(Br)cn1C.I. The van der Waals surface area contributed by atoms with Crippen LogP contribution < -0.4 is 5.32 Å². The van der Waals surface area contributed by atoms with Gasteiger partial charge < -0.3 is 19.5 Å². The van der Waals surface area contributed by atoms with E-state index in [2.05, 4.69) is 68.9 Å². The van der Waals surface area contributed by atoms with Crippen molar-refractivity contribution in [1.29, 1.82) is 0 Å². The number of hydrogen-bond acceptors (Lipinski definition) is 3. The van der Waals surface area contributed by atoms with Crippen LogP contribution in [0, 0.1) is 0 Å². The molecule has 0 saturated carbocycles. The number of likely N-dealkylation sites (tertiary alicyclic amines) is 1. The Kier molecular flexibility index (Phi) is 11.1. The topological polar surface area (TPSA) is 45.0 Å². The van der Waals surface area contributed by atoms with Gasteiger partial charge in [-0.3, -0.25) is 9.89 Å². The summed E-state index contributed by atoms with van der Waals surface area (Å²) in [7, 11) is 5.94. The first-order chi connectivity index (χ1) is 12.0. The van der Waals surface area contributed by atoms with Crippen LogP contribution in [-0.2, 0) is 18.3 Å². The Bertz CT molecular complexity index is 566. The summed E-state index contributed by atoms with van der Waals surface area (Å²) in [4.78, 5) is 9.61. The normalized spacial score (nSPS) is 18.0. The van der Waals surface area contributed by atoms with Crippen molar-refractivity contribution in [2.45, 2.75) is 32.4 Å². The highest BCUT2D eigenvalue weighted by atomic mass is 127. The molecule has 0 radical (unpaired) electrons. The van der Waals surface area contributed by atoms with E-state index in [0.717, 1.165) is 49.8 Å². The van der Waals surface area contributed by atoms with Gasteiger partial charge in [0.15, 0.2) is 5.96 Å². The number of hydrogen-bond donors (Lipinski definition) is 1. The first-order valence-corrected chi connectivity index (χ1v) is 9.87. The molecular weight excluding hydrogens is 509 g/mol. The molecule has 0 spiro atoms. The molecule has 0 aliphatic carbocycles. The zero-order valence-corrected chi connectivity index (χ0v) is 20.3. The number of guanidine groups is 1. The zero-order chi connectivity index (χ0) is 18.2. The summed E-state index contributed by atoms with van der Waals surface area (Å²) in [6.45, 7) is 7.61. The second-order valence-electron chi connectivity index (χ2n) is 6.64. The Balaban J connectivity index is 0.00000338. The monoisotopic (exact) mass is 541 g/mol.